The van der Waals surface area contributed by atoms with Gasteiger partial charge >= 0.3 is 0 Å². The fourth-order valence-corrected chi connectivity index (χ4v) is 2.16. The topological polar surface area (TPSA) is 52.0 Å². The molecule has 0 aliphatic heterocycles. The van der Waals surface area contributed by atoms with Gasteiger partial charge in [0.2, 0.25) is 0 Å². The first-order valence-electron chi connectivity index (χ1n) is 5.35. The molecule has 1 aromatic heterocycles. The summed E-state index contributed by atoms with van der Waals surface area (Å²) >= 11 is 0. The molecule has 0 fully saturated rings. The van der Waals surface area contributed by atoms with E-state index in [2.05, 4.69) is 12.9 Å². The van der Waals surface area contributed by atoms with E-state index in [4.69, 9.17) is 0 Å². The van der Waals surface area contributed by atoms with Crippen LogP contribution in [0.25, 0.3) is 5.69 Å². The lowest BCUT2D eigenvalue weighted by Crippen LogP contribution is -1.99. The van der Waals surface area contributed by atoms with E-state index in [-0.39, 0.29) is 0 Å². The van der Waals surface area contributed by atoms with Gasteiger partial charge in [0.1, 0.15) is 7.85 Å². The van der Waals surface area contributed by atoms with E-state index in [0.717, 1.165) is 17.6 Å². The molecule has 6 heteroatoms. The van der Waals surface area contributed by atoms with Gasteiger partial charge in [-0.1, -0.05) is 6.32 Å². The highest BCUT2D eigenvalue weighted by Gasteiger charge is 2.07. The molecule has 4 nitrogen and oxygen atoms in total. The third-order valence-corrected chi connectivity index (χ3v) is 3.70. The molecule has 0 aliphatic carbocycles. The molecule has 0 amide bonds. The molecular formula is C11H13BN2O2S. The van der Waals surface area contributed by atoms with Crippen LogP contribution in [0.4, 0.5) is 0 Å². The van der Waals surface area contributed by atoms with Crippen molar-refractivity contribution in [2.45, 2.75) is 11.2 Å². The minimum atomic E-state index is -3.13. The van der Waals surface area contributed by atoms with E-state index < -0.39 is 9.84 Å². The highest BCUT2D eigenvalue weighted by molar-refractivity contribution is 7.90. The summed E-state index contributed by atoms with van der Waals surface area (Å²) in [4.78, 5) is 0.323. The molecule has 17 heavy (non-hydrogen) atoms. The Labute approximate surface area is 102 Å². The van der Waals surface area contributed by atoms with Gasteiger partial charge < -0.3 is 0 Å². The predicted molar refractivity (Wildman–Crippen MR) is 68.9 cm³/mol. The fraction of sp³-hybridized carbons (Fsp3) is 0.182. The van der Waals surface area contributed by atoms with E-state index in [0.29, 0.717) is 4.90 Å². The van der Waals surface area contributed by atoms with Crippen LogP contribution in [0.3, 0.4) is 0 Å². The Morgan fingerprint density at radius 2 is 1.94 bits per heavy atom. The minimum absolute atomic E-state index is 0.323. The number of aromatic nitrogens is 2. The van der Waals surface area contributed by atoms with Crippen molar-refractivity contribution >= 4 is 17.7 Å². The Kier molecular flexibility index (Phi) is 3.06. The van der Waals surface area contributed by atoms with Crippen LogP contribution in [-0.2, 0) is 16.2 Å². The summed E-state index contributed by atoms with van der Waals surface area (Å²) in [6.07, 6.45) is 5.88. The van der Waals surface area contributed by atoms with E-state index in [1.54, 1.807) is 28.9 Å². The summed E-state index contributed by atoms with van der Waals surface area (Å²) in [5, 5.41) is 4.22. The largest absolute Gasteiger partial charge is 0.241 e. The maximum Gasteiger partial charge on any atom is 0.175 e. The Morgan fingerprint density at radius 3 is 2.41 bits per heavy atom. The number of benzene rings is 1. The molecule has 1 aromatic carbocycles. The average molecular weight is 248 g/mol. The molecule has 1 heterocycles. The molecule has 0 spiro atoms. The minimum Gasteiger partial charge on any atom is -0.241 e. The Morgan fingerprint density at radius 1 is 1.29 bits per heavy atom. The van der Waals surface area contributed by atoms with Crippen molar-refractivity contribution in [2.75, 3.05) is 6.26 Å². The highest BCUT2D eigenvalue weighted by atomic mass is 32.2. The lowest BCUT2D eigenvalue weighted by Gasteiger charge is -2.02. The summed E-state index contributed by atoms with van der Waals surface area (Å²) < 4.78 is 24.4. The van der Waals surface area contributed by atoms with Crippen LogP contribution >= 0.6 is 0 Å². The normalized spacial score (nSPS) is 11.6. The van der Waals surface area contributed by atoms with Crippen molar-refractivity contribution in [3.63, 3.8) is 0 Å². The Balaban J connectivity index is 2.35. The van der Waals surface area contributed by atoms with Crippen LogP contribution in [0.5, 0.6) is 0 Å². The van der Waals surface area contributed by atoms with Gasteiger partial charge in [-0.3, -0.25) is 0 Å². The standard InChI is InChI=1S/C11H13BN2O2S/c1-17(15,16)11-4-2-10(3-5-11)14-8-9(6-12)7-13-14/h2-5,7-8H,6,12H2,1H3. The lowest BCUT2D eigenvalue weighted by atomic mass is 10.0. The summed E-state index contributed by atoms with van der Waals surface area (Å²) in [5.41, 5.74) is 2.01. The second-order valence-electron chi connectivity index (χ2n) is 3.91. The van der Waals surface area contributed by atoms with Crippen LogP contribution in [0.1, 0.15) is 5.56 Å². The molecular weight excluding hydrogens is 235 g/mol. The third-order valence-electron chi connectivity index (χ3n) is 2.57. The fourth-order valence-electron chi connectivity index (χ4n) is 1.53. The Bertz CT molecular complexity index is 617. The summed E-state index contributed by atoms with van der Waals surface area (Å²) in [6.45, 7) is 0. The van der Waals surface area contributed by atoms with Crippen LogP contribution in [-0.4, -0.2) is 32.3 Å². The van der Waals surface area contributed by atoms with Crippen molar-refractivity contribution in [3.8, 4) is 5.69 Å². The number of nitrogens with zero attached hydrogens (tertiary/aromatic N) is 2. The van der Waals surface area contributed by atoms with E-state index >= 15 is 0 Å². The summed E-state index contributed by atoms with van der Waals surface area (Å²) in [5.74, 6) is 0. The van der Waals surface area contributed by atoms with Crippen molar-refractivity contribution in [1.82, 2.24) is 9.78 Å². The van der Waals surface area contributed by atoms with Gasteiger partial charge in [-0.15, -0.1) is 0 Å². The van der Waals surface area contributed by atoms with Gasteiger partial charge in [-0.2, -0.15) is 5.10 Å². The smallest absolute Gasteiger partial charge is 0.175 e. The van der Waals surface area contributed by atoms with Crippen LogP contribution in [0.2, 0.25) is 0 Å². The Hall–Kier alpha value is -1.56. The summed E-state index contributed by atoms with van der Waals surface area (Å²) in [7, 11) is -1.07. The van der Waals surface area contributed by atoms with Crippen LogP contribution in [0, 0.1) is 0 Å². The SMILES string of the molecule is BCc1cnn(-c2ccc(S(C)(=O)=O)cc2)c1. The van der Waals surface area contributed by atoms with Gasteiger partial charge in [-0.25, -0.2) is 13.1 Å². The molecule has 2 aromatic rings. The number of hydrogen-bond donors (Lipinski definition) is 0. The molecule has 0 unspecified atom stereocenters. The monoisotopic (exact) mass is 248 g/mol. The maximum atomic E-state index is 11.3. The zero-order valence-electron chi connectivity index (χ0n) is 9.79. The van der Waals surface area contributed by atoms with E-state index in [1.165, 1.54) is 6.26 Å². The van der Waals surface area contributed by atoms with Crippen LogP contribution < -0.4 is 0 Å². The molecule has 0 atom stereocenters. The molecule has 0 bridgehead atoms. The van der Waals surface area contributed by atoms with Crippen molar-refractivity contribution in [2.24, 2.45) is 0 Å². The molecule has 88 valence electrons. The van der Waals surface area contributed by atoms with Gasteiger partial charge in [0.25, 0.3) is 0 Å². The first-order valence-corrected chi connectivity index (χ1v) is 7.24. The second kappa shape index (κ2) is 4.37. The molecule has 0 aliphatic rings. The summed E-state index contributed by atoms with van der Waals surface area (Å²) in [6, 6.07) is 6.70. The maximum absolute atomic E-state index is 11.3. The molecule has 0 saturated carbocycles. The molecule has 0 N–H and O–H groups in total. The van der Waals surface area contributed by atoms with E-state index in [1.807, 2.05) is 12.4 Å². The van der Waals surface area contributed by atoms with E-state index in [9.17, 15) is 8.42 Å². The number of rotatable bonds is 3. The van der Waals surface area contributed by atoms with Gasteiger partial charge in [-0.05, 0) is 29.8 Å². The zero-order chi connectivity index (χ0) is 12.5. The number of sulfone groups is 1. The quantitative estimate of drug-likeness (QED) is 0.739. The van der Waals surface area contributed by atoms with Gasteiger partial charge in [0.15, 0.2) is 9.84 Å². The van der Waals surface area contributed by atoms with Crippen molar-refractivity contribution in [1.29, 1.82) is 0 Å². The second-order valence-corrected chi connectivity index (χ2v) is 5.93. The van der Waals surface area contributed by atoms with Crippen molar-refractivity contribution < 1.29 is 8.42 Å². The number of hydrogen-bond acceptors (Lipinski definition) is 3. The molecule has 0 saturated heterocycles. The van der Waals surface area contributed by atoms with Gasteiger partial charge in [0, 0.05) is 12.5 Å². The van der Waals surface area contributed by atoms with Gasteiger partial charge in [0.05, 0.1) is 16.8 Å². The zero-order valence-corrected chi connectivity index (χ0v) is 10.6. The average Bonchev–Trinajstić information content (AvgIpc) is 2.76. The molecule has 2 rings (SSSR count). The lowest BCUT2D eigenvalue weighted by molar-refractivity contribution is 0.602. The predicted octanol–water partition coefficient (Wildman–Crippen LogP) is 0.409. The van der Waals surface area contributed by atoms with Crippen molar-refractivity contribution in [3.05, 3.63) is 42.2 Å². The van der Waals surface area contributed by atoms with Crippen LogP contribution in [0.15, 0.2) is 41.6 Å². The first kappa shape index (κ1) is 11.9. The third kappa shape index (κ3) is 2.58. The highest BCUT2D eigenvalue weighted by Crippen LogP contribution is 2.13. The first-order chi connectivity index (χ1) is 8.00. The molecule has 0 radical (unpaired) electrons.